The number of alkyl carbamates (subject to hydrolysis) is 1. The van der Waals surface area contributed by atoms with Crippen LogP contribution >= 0.6 is 0 Å². The lowest BCUT2D eigenvalue weighted by molar-refractivity contribution is -0.143. The van der Waals surface area contributed by atoms with E-state index in [4.69, 9.17) is 14.2 Å². The van der Waals surface area contributed by atoms with Crippen molar-refractivity contribution in [2.75, 3.05) is 7.11 Å². The van der Waals surface area contributed by atoms with Crippen LogP contribution in [-0.2, 0) is 33.5 Å². The summed E-state index contributed by atoms with van der Waals surface area (Å²) in [7, 11) is 1.23. The van der Waals surface area contributed by atoms with Gasteiger partial charge < -0.3 is 19.5 Å². The molecule has 174 valence electrons. The Morgan fingerprint density at radius 3 is 2.00 bits per heavy atom. The number of hydrogen-bond donors (Lipinski definition) is 1. The molecule has 2 aromatic carbocycles. The van der Waals surface area contributed by atoms with Crippen molar-refractivity contribution in [1.82, 2.24) is 5.32 Å². The first-order valence-electron chi connectivity index (χ1n) is 9.82. The highest BCUT2D eigenvalue weighted by Crippen LogP contribution is 2.29. The number of carbonyl (C=O) groups is 2. The first kappa shape index (κ1) is 25.0. The topological polar surface area (TPSA) is 73.9 Å². The average molecular weight is 453 g/mol. The number of esters is 1. The normalized spacial score (nSPS) is 12.6. The molecule has 6 nitrogen and oxygen atoms in total. The molecule has 0 spiro atoms. The van der Waals surface area contributed by atoms with Gasteiger partial charge in [-0.15, -0.1) is 0 Å². The zero-order valence-corrected chi connectivity index (χ0v) is 18.3. The fourth-order valence-electron chi connectivity index (χ4n) is 2.70. The van der Waals surface area contributed by atoms with Gasteiger partial charge >= 0.3 is 18.2 Å². The summed E-state index contributed by atoms with van der Waals surface area (Å²) in [5, 5.41) is 2.50. The number of rotatable bonds is 7. The summed E-state index contributed by atoms with van der Waals surface area (Å²) in [6.07, 6.45) is -4.94. The van der Waals surface area contributed by atoms with Gasteiger partial charge in [0.05, 0.1) is 12.7 Å². The molecule has 2 aromatic rings. The van der Waals surface area contributed by atoms with E-state index in [1.807, 2.05) is 0 Å². The summed E-state index contributed by atoms with van der Waals surface area (Å²) in [4.78, 5) is 24.0. The second kappa shape index (κ2) is 10.4. The van der Waals surface area contributed by atoms with Gasteiger partial charge in [0.25, 0.3) is 0 Å². The molecule has 9 heteroatoms. The fraction of sp³-hybridized carbons (Fsp3) is 0.391. The van der Waals surface area contributed by atoms with Crippen molar-refractivity contribution in [3.63, 3.8) is 0 Å². The van der Waals surface area contributed by atoms with Gasteiger partial charge in [-0.2, -0.15) is 13.2 Å². The molecule has 0 saturated heterocycles. The Morgan fingerprint density at radius 2 is 1.50 bits per heavy atom. The van der Waals surface area contributed by atoms with Crippen LogP contribution in [-0.4, -0.2) is 30.8 Å². The van der Waals surface area contributed by atoms with Crippen LogP contribution in [0.1, 0.15) is 37.5 Å². The van der Waals surface area contributed by atoms with E-state index < -0.39 is 35.4 Å². The van der Waals surface area contributed by atoms with Gasteiger partial charge in [0.1, 0.15) is 24.0 Å². The maximum Gasteiger partial charge on any atom is 0.416 e. The van der Waals surface area contributed by atoms with Crippen LogP contribution in [0.2, 0.25) is 0 Å². The van der Waals surface area contributed by atoms with Crippen molar-refractivity contribution in [3.05, 3.63) is 65.2 Å². The molecule has 0 aliphatic rings. The third kappa shape index (κ3) is 8.13. The summed E-state index contributed by atoms with van der Waals surface area (Å²) in [5.41, 5.74) is -0.102. The molecule has 0 aromatic heterocycles. The molecule has 0 saturated carbocycles. The summed E-state index contributed by atoms with van der Waals surface area (Å²) in [6, 6.07) is 10.6. The lowest BCUT2D eigenvalue weighted by Gasteiger charge is -2.22. The SMILES string of the molecule is COC(=O)[C@H](Cc1ccc(OCc2ccc(C(F)(F)F)cc2)cc1)NC(=O)OC(C)(C)C. The van der Waals surface area contributed by atoms with Crippen LogP contribution in [0.15, 0.2) is 48.5 Å². The van der Waals surface area contributed by atoms with Crippen LogP contribution in [0.25, 0.3) is 0 Å². The standard InChI is InChI=1S/C23H26F3NO5/c1-22(2,3)32-21(29)27-19(20(28)30-4)13-15-7-11-18(12-8-15)31-14-16-5-9-17(10-6-16)23(24,25)26/h5-12,19H,13-14H2,1-4H3,(H,27,29)/t19-/m0/s1. The van der Waals surface area contributed by atoms with E-state index in [0.717, 1.165) is 17.7 Å². The Hall–Kier alpha value is -3.23. The monoisotopic (exact) mass is 453 g/mol. The minimum atomic E-state index is -4.38. The van der Waals surface area contributed by atoms with Crippen molar-refractivity contribution >= 4 is 12.1 Å². The third-order valence-corrected chi connectivity index (χ3v) is 4.23. The zero-order chi connectivity index (χ0) is 23.9. The lowest BCUT2D eigenvalue weighted by Crippen LogP contribution is -2.45. The number of hydrogen-bond acceptors (Lipinski definition) is 5. The van der Waals surface area contributed by atoms with Crippen LogP contribution in [0.3, 0.4) is 0 Å². The molecule has 2 rings (SSSR count). The molecule has 1 N–H and O–H groups in total. The van der Waals surface area contributed by atoms with Gasteiger partial charge in [0.2, 0.25) is 0 Å². The quantitative estimate of drug-likeness (QED) is 0.604. The fourth-order valence-corrected chi connectivity index (χ4v) is 2.70. The van der Waals surface area contributed by atoms with Crippen molar-refractivity contribution in [1.29, 1.82) is 0 Å². The van der Waals surface area contributed by atoms with Gasteiger partial charge in [-0.3, -0.25) is 0 Å². The number of nitrogens with one attached hydrogen (secondary N) is 1. The number of benzene rings is 2. The zero-order valence-electron chi connectivity index (χ0n) is 18.3. The van der Waals surface area contributed by atoms with E-state index in [9.17, 15) is 22.8 Å². The van der Waals surface area contributed by atoms with Gasteiger partial charge in [-0.05, 0) is 56.2 Å². The minimum Gasteiger partial charge on any atom is -0.489 e. The highest BCUT2D eigenvalue weighted by Gasteiger charge is 2.30. The van der Waals surface area contributed by atoms with Crippen LogP contribution < -0.4 is 10.1 Å². The summed E-state index contributed by atoms with van der Waals surface area (Å²) in [6.45, 7) is 5.23. The van der Waals surface area contributed by atoms with Gasteiger partial charge in [-0.25, -0.2) is 9.59 Å². The molecule has 1 atom stereocenters. The third-order valence-electron chi connectivity index (χ3n) is 4.23. The molecular formula is C23H26F3NO5. The Balaban J connectivity index is 1.96. The van der Waals surface area contributed by atoms with Crippen LogP contribution in [0.4, 0.5) is 18.0 Å². The van der Waals surface area contributed by atoms with E-state index >= 15 is 0 Å². The second-order valence-electron chi connectivity index (χ2n) is 8.05. The Morgan fingerprint density at radius 1 is 0.938 bits per heavy atom. The van der Waals surface area contributed by atoms with Crippen molar-refractivity contribution in [3.8, 4) is 5.75 Å². The summed E-state index contributed by atoms with van der Waals surface area (Å²) in [5.74, 6) is -0.109. The molecule has 0 bridgehead atoms. The molecule has 0 unspecified atom stereocenters. The van der Waals surface area contributed by atoms with E-state index in [1.165, 1.54) is 19.2 Å². The molecule has 0 heterocycles. The van der Waals surface area contributed by atoms with E-state index in [-0.39, 0.29) is 13.0 Å². The van der Waals surface area contributed by atoms with Crippen molar-refractivity contribution in [2.45, 2.75) is 51.6 Å². The number of halogens is 3. The highest BCUT2D eigenvalue weighted by atomic mass is 19.4. The van der Waals surface area contributed by atoms with Crippen molar-refractivity contribution in [2.24, 2.45) is 0 Å². The molecule has 0 aliphatic carbocycles. The Kier molecular flexibility index (Phi) is 8.13. The Bertz CT molecular complexity index is 903. The van der Waals surface area contributed by atoms with Crippen LogP contribution in [0, 0.1) is 0 Å². The van der Waals surface area contributed by atoms with Crippen molar-refractivity contribution < 1.29 is 37.0 Å². The molecule has 0 aliphatic heterocycles. The van der Waals surface area contributed by atoms with Gasteiger partial charge in [0.15, 0.2) is 0 Å². The smallest absolute Gasteiger partial charge is 0.416 e. The molecule has 1 amide bonds. The number of carbonyl (C=O) groups excluding carboxylic acids is 2. The Labute approximate surface area is 184 Å². The molecule has 0 fully saturated rings. The molecule has 32 heavy (non-hydrogen) atoms. The highest BCUT2D eigenvalue weighted by molar-refractivity contribution is 5.81. The number of methoxy groups -OCH3 is 1. The minimum absolute atomic E-state index is 0.0997. The van der Waals surface area contributed by atoms with E-state index in [0.29, 0.717) is 11.3 Å². The molecular weight excluding hydrogens is 427 g/mol. The maximum atomic E-state index is 12.6. The predicted molar refractivity (Wildman–Crippen MR) is 111 cm³/mol. The van der Waals surface area contributed by atoms with E-state index in [1.54, 1.807) is 45.0 Å². The van der Waals surface area contributed by atoms with Crippen LogP contribution in [0.5, 0.6) is 5.75 Å². The first-order chi connectivity index (χ1) is 14.9. The van der Waals surface area contributed by atoms with Gasteiger partial charge in [-0.1, -0.05) is 24.3 Å². The lowest BCUT2D eigenvalue weighted by atomic mass is 10.1. The second-order valence-corrected chi connectivity index (χ2v) is 8.05. The largest absolute Gasteiger partial charge is 0.489 e. The summed E-state index contributed by atoms with van der Waals surface area (Å²) < 4.78 is 53.4. The predicted octanol–water partition coefficient (Wildman–Crippen LogP) is 4.89. The van der Waals surface area contributed by atoms with E-state index in [2.05, 4.69) is 5.32 Å². The summed E-state index contributed by atoms with van der Waals surface area (Å²) >= 11 is 0. The number of alkyl halides is 3. The number of ether oxygens (including phenoxy) is 3. The van der Waals surface area contributed by atoms with Gasteiger partial charge in [0, 0.05) is 6.42 Å². The maximum absolute atomic E-state index is 12.6. The number of amides is 1. The average Bonchev–Trinajstić information content (AvgIpc) is 2.70. The first-order valence-corrected chi connectivity index (χ1v) is 9.82. The molecule has 0 radical (unpaired) electrons.